The van der Waals surface area contributed by atoms with Crippen molar-refractivity contribution in [3.05, 3.63) is 115 Å². The summed E-state index contributed by atoms with van der Waals surface area (Å²) in [5, 5.41) is 108. The minimum absolute atomic E-state index is 0.0724. The Morgan fingerprint density at radius 3 is 1.92 bits per heavy atom. The molecule has 20 nitrogen and oxygen atoms in total. The number of aliphatic carboxylic acids is 1. The zero-order chi connectivity index (χ0) is 57.5. The maximum atomic E-state index is 13.2. The Morgan fingerprint density at radius 1 is 0.756 bits per heavy atom. The topological polar surface area (TPSA) is 360 Å². The molecule has 20 heteroatoms. The highest BCUT2D eigenvalue weighted by molar-refractivity contribution is 5.96. The number of aliphatic hydroxyl groups is 9. The number of carboxylic acid groups (broad SMARTS) is 1. The number of ketones is 2. The molecular formula is C58H84N2O18. The SMILES string of the molecule is C[C@@H]1C=CC=CC=CC=CC=CC=CC=C[C@@H](O[C@H]2O[C@@H](C)[C@H](O)[C@H](N)[C@@H]2O)C[C@@H]2O[C@@](O)(C[C@H](O)C[C@H](O)C[C@H](O)C[C@@H](O)CCCC(=O)CC(=O)O[C@H]1[C@H](C)CC[C@H](O)CC(=O)c1ccc(N)cc1)C[C@H](O)[C@H]2C(=O)O. The zero-order valence-electron chi connectivity index (χ0n) is 44.8. The van der Waals surface area contributed by atoms with Crippen LogP contribution >= 0.6 is 0 Å². The summed E-state index contributed by atoms with van der Waals surface area (Å²) in [5.41, 5.74) is 12.7. The van der Waals surface area contributed by atoms with Crippen molar-refractivity contribution in [1.29, 1.82) is 0 Å². The summed E-state index contributed by atoms with van der Waals surface area (Å²) in [6.45, 7) is 5.27. The molecular weight excluding hydrogens is 1010 g/mol. The molecule has 0 saturated carbocycles. The van der Waals surface area contributed by atoms with Gasteiger partial charge in [-0.2, -0.15) is 0 Å². The van der Waals surface area contributed by atoms with Gasteiger partial charge >= 0.3 is 11.9 Å². The van der Waals surface area contributed by atoms with E-state index in [0.717, 1.165) is 0 Å². The molecule has 2 bridgehead atoms. The maximum Gasteiger partial charge on any atom is 0.313 e. The molecule has 2 saturated heterocycles. The number of carboxylic acids is 1. The van der Waals surface area contributed by atoms with Crippen LogP contribution in [-0.4, -0.2) is 166 Å². The molecule has 2 fully saturated rings. The smallest absolute Gasteiger partial charge is 0.313 e. The first-order valence-corrected chi connectivity index (χ1v) is 26.9. The number of Topliss-reactive ketones (excluding diaryl/α,β-unsaturated/α-hetero) is 2. The molecule has 0 spiro atoms. The van der Waals surface area contributed by atoms with Gasteiger partial charge in [-0.3, -0.25) is 19.2 Å². The summed E-state index contributed by atoms with van der Waals surface area (Å²) in [6, 6.07) is 5.28. The van der Waals surface area contributed by atoms with Crippen LogP contribution < -0.4 is 11.5 Å². The number of esters is 1. The van der Waals surface area contributed by atoms with Crippen LogP contribution in [0.5, 0.6) is 0 Å². The molecule has 14 N–H and O–H groups in total. The molecule has 4 rings (SSSR count). The second kappa shape index (κ2) is 32.9. The molecule has 78 heavy (non-hydrogen) atoms. The average molecular weight is 1100 g/mol. The highest BCUT2D eigenvalue weighted by atomic mass is 16.7. The second-order valence-corrected chi connectivity index (χ2v) is 21.0. The summed E-state index contributed by atoms with van der Waals surface area (Å²) >= 11 is 0. The first-order valence-electron chi connectivity index (χ1n) is 26.9. The number of carbonyl (C=O) groups is 4. The lowest BCUT2D eigenvalue weighted by Crippen LogP contribution is -2.61. The quantitative estimate of drug-likeness (QED) is 0.0692. The largest absolute Gasteiger partial charge is 0.481 e. The molecule has 3 aliphatic heterocycles. The minimum atomic E-state index is -2.31. The summed E-state index contributed by atoms with van der Waals surface area (Å²) < 4.78 is 23.7. The van der Waals surface area contributed by atoms with Gasteiger partial charge in [-0.25, -0.2) is 0 Å². The number of ether oxygens (including phenoxy) is 4. The Labute approximate surface area is 456 Å². The van der Waals surface area contributed by atoms with Gasteiger partial charge in [0.1, 0.15) is 30.3 Å². The number of nitrogens with two attached hydrogens (primary N) is 2. The molecule has 3 aliphatic rings. The standard InChI is InChI=1S/C58H84N2O18/c1-35-17-14-12-10-8-6-4-5-7-9-11-13-15-20-46(76-57-54(71)52(60)53(70)37(3)75-57)32-49-51(56(72)73)48(68)34-58(74,78-49)33-45(66)29-44(65)28-43(64)27-40(61)18-16-19-41(62)31-50(69)77-55(35)36(2)21-26-42(63)30-47(67)38-22-24-39(59)25-23-38/h4-15,17,20,22-25,35-37,40,42-46,48-49,51-55,57,61,63-66,68,70-71,74H,16,18-19,21,26-34,59-60H2,1-3H3,(H,72,73)/t35-,36-,37+,40+,42+,43-,44-,45-,46-,48+,49+,51-,52+,53+,54+,55-,57-,58+/m1/s1. The van der Waals surface area contributed by atoms with Gasteiger partial charge in [-0.1, -0.05) is 98.9 Å². The van der Waals surface area contributed by atoms with Crippen molar-refractivity contribution in [2.45, 2.75) is 196 Å². The Bertz CT molecular complexity index is 2250. The van der Waals surface area contributed by atoms with E-state index in [9.17, 15) is 70.2 Å². The van der Waals surface area contributed by atoms with Gasteiger partial charge in [-0.05, 0) is 82.1 Å². The van der Waals surface area contributed by atoms with Crippen molar-refractivity contribution >= 4 is 29.2 Å². The molecule has 0 amide bonds. The van der Waals surface area contributed by atoms with Gasteiger partial charge in [0.15, 0.2) is 17.9 Å². The summed E-state index contributed by atoms with van der Waals surface area (Å²) in [7, 11) is 0. The molecule has 0 radical (unpaired) electrons. The van der Waals surface area contributed by atoms with E-state index in [1.54, 1.807) is 97.2 Å². The van der Waals surface area contributed by atoms with E-state index in [1.807, 2.05) is 19.9 Å². The summed E-state index contributed by atoms with van der Waals surface area (Å²) in [4.78, 5) is 51.5. The lowest BCUT2D eigenvalue weighted by Gasteiger charge is -2.45. The highest BCUT2D eigenvalue weighted by Gasteiger charge is 2.51. The third-order valence-electron chi connectivity index (χ3n) is 14.1. The first kappa shape index (κ1) is 65.5. The Balaban J connectivity index is 1.52. The number of hydrogen-bond donors (Lipinski definition) is 12. The van der Waals surface area contributed by atoms with Gasteiger partial charge in [0, 0.05) is 49.3 Å². The Kier molecular flexibility index (Phi) is 27.6. The molecule has 1 aromatic rings. The normalized spacial score (nSPS) is 34.9. The Hall–Kier alpha value is -5.04. The molecule has 0 unspecified atom stereocenters. The van der Waals surface area contributed by atoms with Gasteiger partial charge in [0.05, 0.1) is 67.1 Å². The first-order chi connectivity index (χ1) is 36.9. The molecule has 0 aliphatic carbocycles. The lowest BCUT2D eigenvalue weighted by molar-refractivity contribution is -0.308. The lowest BCUT2D eigenvalue weighted by atomic mass is 9.82. The minimum Gasteiger partial charge on any atom is -0.481 e. The number of anilines is 1. The number of nitrogen functional groups attached to an aromatic ring is 1. The molecule has 434 valence electrons. The van der Waals surface area contributed by atoms with Crippen LogP contribution in [0, 0.1) is 17.8 Å². The number of allylic oxidation sites excluding steroid dienone is 12. The van der Waals surface area contributed by atoms with E-state index < -0.39 is 141 Å². The number of hydrogen-bond acceptors (Lipinski definition) is 19. The monoisotopic (exact) mass is 1100 g/mol. The average Bonchev–Trinajstić information content (AvgIpc) is 3.34. The van der Waals surface area contributed by atoms with Gasteiger partial charge < -0.3 is 81.5 Å². The summed E-state index contributed by atoms with van der Waals surface area (Å²) in [5.74, 6) is -7.37. The number of benzene rings is 1. The van der Waals surface area contributed by atoms with Gasteiger partial charge in [0.2, 0.25) is 0 Å². The van der Waals surface area contributed by atoms with Crippen molar-refractivity contribution in [2.75, 3.05) is 5.73 Å². The number of carbonyl (C=O) groups excluding carboxylic acids is 3. The van der Waals surface area contributed by atoms with Crippen LogP contribution in [0.3, 0.4) is 0 Å². The highest BCUT2D eigenvalue weighted by Crippen LogP contribution is 2.38. The maximum absolute atomic E-state index is 13.2. The van der Waals surface area contributed by atoms with Crippen LogP contribution in [0.1, 0.15) is 115 Å². The van der Waals surface area contributed by atoms with Gasteiger partial charge in [-0.15, -0.1) is 0 Å². The number of rotatable bonds is 10. The summed E-state index contributed by atoms with van der Waals surface area (Å²) in [6.07, 6.45) is 5.99. The fourth-order valence-electron chi connectivity index (χ4n) is 9.84. The van der Waals surface area contributed by atoms with Crippen LogP contribution in [0.2, 0.25) is 0 Å². The van der Waals surface area contributed by atoms with Crippen molar-refractivity contribution in [3.63, 3.8) is 0 Å². The van der Waals surface area contributed by atoms with Crippen molar-refractivity contribution in [2.24, 2.45) is 23.5 Å². The third-order valence-corrected chi connectivity index (χ3v) is 14.1. The van der Waals surface area contributed by atoms with E-state index in [0.29, 0.717) is 17.7 Å². The van der Waals surface area contributed by atoms with E-state index in [1.165, 1.54) is 13.0 Å². The van der Waals surface area contributed by atoms with Crippen molar-refractivity contribution < 1.29 is 89.2 Å². The third kappa shape index (κ3) is 22.6. The molecule has 0 aromatic heterocycles. The van der Waals surface area contributed by atoms with Crippen LogP contribution in [0.4, 0.5) is 5.69 Å². The van der Waals surface area contributed by atoms with Crippen molar-refractivity contribution in [1.82, 2.24) is 0 Å². The van der Waals surface area contributed by atoms with E-state index in [-0.39, 0.29) is 69.0 Å². The van der Waals surface area contributed by atoms with E-state index in [4.69, 9.17) is 30.4 Å². The van der Waals surface area contributed by atoms with Crippen LogP contribution in [0.15, 0.2) is 109 Å². The number of aliphatic hydroxyl groups excluding tert-OH is 8. The molecule has 18 atom stereocenters. The Morgan fingerprint density at radius 2 is 1.32 bits per heavy atom. The zero-order valence-corrected chi connectivity index (χ0v) is 44.8. The number of fused-ring (bicyclic) bond motifs is 2. The second-order valence-electron chi connectivity index (χ2n) is 21.0. The van der Waals surface area contributed by atoms with Crippen molar-refractivity contribution in [3.8, 4) is 0 Å². The van der Waals surface area contributed by atoms with E-state index in [2.05, 4.69) is 0 Å². The predicted octanol–water partition coefficient (Wildman–Crippen LogP) is 3.32. The van der Waals surface area contributed by atoms with Crippen LogP contribution in [-0.2, 0) is 33.3 Å². The fourth-order valence-corrected chi connectivity index (χ4v) is 9.84. The number of cyclic esters (lactones) is 1. The predicted molar refractivity (Wildman–Crippen MR) is 289 cm³/mol. The molecule has 1 aromatic carbocycles. The fraction of sp³-hybridized carbons (Fsp3) is 0.586. The van der Waals surface area contributed by atoms with E-state index >= 15 is 0 Å². The molecule has 3 heterocycles. The van der Waals surface area contributed by atoms with Gasteiger partial charge in [0.25, 0.3) is 0 Å². The van der Waals surface area contributed by atoms with Crippen LogP contribution in [0.25, 0.3) is 0 Å².